The average molecular weight is 433 g/mol. The lowest BCUT2D eigenvalue weighted by molar-refractivity contribution is -0.0905. The number of nitrogens with zero attached hydrogens (tertiary/aromatic N) is 3. The molecular formula is C20H27N5O6. The number of fused-ring (bicyclic) bond motifs is 1. The molecule has 11 nitrogen and oxygen atoms in total. The highest BCUT2D eigenvalue weighted by Gasteiger charge is 2.32. The van der Waals surface area contributed by atoms with Crippen LogP contribution in [0.3, 0.4) is 0 Å². The van der Waals surface area contributed by atoms with E-state index < -0.39 is 6.10 Å². The summed E-state index contributed by atoms with van der Waals surface area (Å²) < 4.78 is 23.4. The Morgan fingerprint density at radius 1 is 1.32 bits per heavy atom. The van der Waals surface area contributed by atoms with Crippen LogP contribution in [0.25, 0.3) is 0 Å². The zero-order valence-corrected chi connectivity index (χ0v) is 17.3. The molecule has 3 heterocycles. The van der Waals surface area contributed by atoms with Crippen molar-refractivity contribution in [3.8, 4) is 11.5 Å². The van der Waals surface area contributed by atoms with Gasteiger partial charge in [0.15, 0.2) is 11.5 Å². The number of ether oxygens (including phenoxy) is 4. The molecule has 31 heavy (non-hydrogen) atoms. The number of aliphatic hydroxyl groups excluding tert-OH is 1. The van der Waals surface area contributed by atoms with Crippen molar-refractivity contribution in [1.82, 2.24) is 20.3 Å². The van der Waals surface area contributed by atoms with Crippen LogP contribution in [0.15, 0.2) is 24.4 Å². The van der Waals surface area contributed by atoms with E-state index in [4.69, 9.17) is 18.9 Å². The smallest absolute Gasteiger partial charge is 0.319 e. The maximum absolute atomic E-state index is 12.4. The van der Waals surface area contributed by atoms with E-state index in [0.717, 1.165) is 18.5 Å². The molecular weight excluding hydrogens is 406 g/mol. The van der Waals surface area contributed by atoms with E-state index in [1.54, 1.807) is 30.0 Å². The molecule has 2 aliphatic rings. The highest BCUT2D eigenvalue weighted by atomic mass is 16.7. The van der Waals surface area contributed by atoms with Gasteiger partial charge < -0.3 is 34.7 Å². The first kappa shape index (κ1) is 21.3. The third-order valence-corrected chi connectivity index (χ3v) is 5.30. The van der Waals surface area contributed by atoms with E-state index in [9.17, 15) is 9.90 Å². The predicted molar refractivity (Wildman–Crippen MR) is 109 cm³/mol. The van der Waals surface area contributed by atoms with E-state index in [2.05, 4.69) is 20.9 Å². The molecule has 1 aromatic heterocycles. The van der Waals surface area contributed by atoms with Crippen molar-refractivity contribution in [1.29, 1.82) is 0 Å². The fraction of sp³-hybridized carbons (Fsp3) is 0.550. The molecule has 2 aromatic rings. The molecule has 0 radical (unpaired) electrons. The molecule has 3 atom stereocenters. The number of methoxy groups -OCH3 is 1. The van der Waals surface area contributed by atoms with Gasteiger partial charge >= 0.3 is 6.03 Å². The van der Waals surface area contributed by atoms with Gasteiger partial charge in [-0.05, 0) is 31.4 Å². The second kappa shape index (κ2) is 9.94. The summed E-state index contributed by atoms with van der Waals surface area (Å²) in [6.45, 7) is 1.08. The van der Waals surface area contributed by atoms with Crippen molar-refractivity contribution in [3.63, 3.8) is 0 Å². The lowest BCUT2D eigenvalue weighted by Crippen LogP contribution is -2.52. The van der Waals surface area contributed by atoms with Crippen LogP contribution in [0.2, 0.25) is 0 Å². The Labute approximate surface area is 179 Å². The van der Waals surface area contributed by atoms with Gasteiger partial charge in [0.05, 0.1) is 31.6 Å². The minimum Gasteiger partial charge on any atom is -0.454 e. The van der Waals surface area contributed by atoms with E-state index in [1.165, 1.54) is 0 Å². The molecule has 1 fully saturated rings. The summed E-state index contributed by atoms with van der Waals surface area (Å²) in [6.07, 6.45) is 3.56. The van der Waals surface area contributed by atoms with Gasteiger partial charge in [-0.15, -0.1) is 5.10 Å². The van der Waals surface area contributed by atoms with Crippen LogP contribution in [0, 0.1) is 0 Å². The van der Waals surface area contributed by atoms with Crippen molar-refractivity contribution in [2.45, 2.75) is 50.7 Å². The van der Waals surface area contributed by atoms with Gasteiger partial charge in [-0.25, -0.2) is 4.79 Å². The second-order valence-corrected chi connectivity index (χ2v) is 7.52. The van der Waals surface area contributed by atoms with Crippen molar-refractivity contribution >= 4 is 11.7 Å². The molecule has 3 N–H and O–H groups in total. The average Bonchev–Trinajstić information content (AvgIpc) is 3.42. The standard InChI is InChI=1S/C20H27N5O6/c1-28-11-14-9-25(24-23-14)7-6-15-3-4-16(19(10-26)31-15)22-20(27)21-13-2-5-17-18(8-13)30-12-29-17/h2,5,8-9,15-16,19,26H,3-4,6-7,10-12H2,1H3,(H2,21,22,27)/t15-,16-,19+/m1/s1. The minimum atomic E-state index is -0.471. The van der Waals surface area contributed by atoms with Gasteiger partial charge in [0.2, 0.25) is 6.79 Å². The van der Waals surface area contributed by atoms with Crippen molar-refractivity contribution in [2.75, 3.05) is 25.8 Å². The molecule has 168 valence electrons. The summed E-state index contributed by atoms with van der Waals surface area (Å²) in [7, 11) is 1.61. The van der Waals surface area contributed by atoms with E-state index >= 15 is 0 Å². The summed E-state index contributed by atoms with van der Waals surface area (Å²) >= 11 is 0. The zero-order valence-electron chi connectivity index (χ0n) is 17.3. The Balaban J connectivity index is 1.24. The molecule has 11 heteroatoms. The number of carbonyl (C=O) groups is 1. The maximum atomic E-state index is 12.4. The molecule has 0 spiro atoms. The monoisotopic (exact) mass is 433 g/mol. The number of amides is 2. The zero-order chi connectivity index (χ0) is 21.6. The number of aryl methyl sites for hydroxylation is 1. The molecule has 0 unspecified atom stereocenters. The Kier molecular flexibility index (Phi) is 6.85. The van der Waals surface area contributed by atoms with Gasteiger partial charge in [0.25, 0.3) is 0 Å². The quantitative estimate of drug-likeness (QED) is 0.568. The topological polar surface area (TPSA) is 129 Å². The lowest BCUT2D eigenvalue weighted by atomic mass is 9.97. The number of aromatic nitrogens is 3. The first-order valence-corrected chi connectivity index (χ1v) is 10.3. The lowest BCUT2D eigenvalue weighted by Gasteiger charge is -2.36. The van der Waals surface area contributed by atoms with Crippen LogP contribution in [0.1, 0.15) is 25.0 Å². The SMILES string of the molecule is COCc1cn(CC[C@H]2CC[C@@H](NC(=O)Nc3ccc4c(c3)OCO4)[C@H](CO)O2)nn1. The number of benzene rings is 1. The number of rotatable bonds is 8. The largest absolute Gasteiger partial charge is 0.454 e. The van der Waals surface area contributed by atoms with Gasteiger partial charge in [-0.2, -0.15) is 0 Å². The van der Waals surface area contributed by atoms with E-state index in [-0.39, 0.29) is 31.6 Å². The first-order chi connectivity index (χ1) is 15.1. The number of hydrogen-bond donors (Lipinski definition) is 3. The number of carbonyl (C=O) groups excluding carboxylic acids is 1. The number of aliphatic hydroxyl groups is 1. The fourth-order valence-corrected chi connectivity index (χ4v) is 3.76. The van der Waals surface area contributed by atoms with Crippen LogP contribution in [-0.4, -0.2) is 64.9 Å². The van der Waals surface area contributed by atoms with Crippen LogP contribution < -0.4 is 20.1 Å². The fourth-order valence-electron chi connectivity index (χ4n) is 3.76. The van der Waals surface area contributed by atoms with Crippen molar-refractivity contribution in [2.24, 2.45) is 0 Å². The first-order valence-electron chi connectivity index (χ1n) is 10.3. The Hall–Kier alpha value is -2.89. The Morgan fingerprint density at radius 2 is 2.19 bits per heavy atom. The summed E-state index contributed by atoms with van der Waals surface area (Å²) in [5.41, 5.74) is 1.37. The third kappa shape index (κ3) is 5.43. The second-order valence-electron chi connectivity index (χ2n) is 7.52. The highest BCUT2D eigenvalue weighted by Crippen LogP contribution is 2.34. The Morgan fingerprint density at radius 3 is 3.03 bits per heavy atom. The number of hydrogen-bond acceptors (Lipinski definition) is 8. The van der Waals surface area contributed by atoms with Crippen molar-refractivity contribution < 1.29 is 28.8 Å². The van der Waals surface area contributed by atoms with Gasteiger partial charge in [0, 0.05) is 25.4 Å². The Bertz CT molecular complexity index is 891. The maximum Gasteiger partial charge on any atom is 0.319 e. The normalized spacial score (nSPS) is 22.3. The van der Waals surface area contributed by atoms with Crippen molar-refractivity contribution in [3.05, 3.63) is 30.1 Å². The van der Waals surface area contributed by atoms with Crippen LogP contribution in [-0.2, 0) is 22.6 Å². The number of urea groups is 1. The molecule has 2 amide bonds. The van der Waals surface area contributed by atoms with E-state index in [1.807, 2.05) is 6.20 Å². The number of nitrogens with one attached hydrogen (secondary N) is 2. The molecule has 2 aliphatic heterocycles. The minimum absolute atomic E-state index is 0.0257. The third-order valence-electron chi connectivity index (χ3n) is 5.30. The predicted octanol–water partition coefficient (Wildman–Crippen LogP) is 1.27. The van der Waals surface area contributed by atoms with Gasteiger partial charge in [-0.1, -0.05) is 5.21 Å². The van der Waals surface area contributed by atoms with Crippen LogP contribution in [0.5, 0.6) is 11.5 Å². The van der Waals surface area contributed by atoms with Crippen LogP contribution in [0.4, 0.5) is 10.5 Å². The summed E-state index contributed by atoms with van der Waals surface area (Å²) in [6, 6.07) is 4.55. The number of anilines is 1. The molecule has 1 saturated heterocycles. The molecule has 0 saturated carbocycles. The van der Waals surface area contributed by atoms with E-state index in [0.29, 0.717) is 36.8 Å². The summed E-state index contributed by atoms with van der Waals surface area (Å²) in [5.74, 6) is 1.25. The highest BCUT2D eigenvalue weighted by molar-refractivity contribution is 5.90. The van der Waals surface area contributed by atoms with Gasteiger partial charge in [0.1, 0.15) is 11.8 Å². The molecule has 4 rings (SSSR count). The molecule has 1 aromatic carbocycles. The summed E-state index contributed by atoms with van der Waals surface area (Å²) in [5, 5.41) is 23.6. The summed E-state index contributed by atoms with van der Waals surface area (Å²) in [4.78, 5) is 12.4. The van der Waals surface area contributed by atoms with Gasteiger partial charge in [-0.3, -0.25) is 4.68 Å². The van der Waals surface area contributed by atoms with Crippen LogP contribution >= 0.6 is 0 Å². The molecule has 0 aliphatic carbocycles. The molecule has 0 bridgehead atoms.